The number of piperidine rings is 1. The van der Waals surface area contributed by atoms with Crippen LogP contribution in [0.4, 0.5) is 0 Å². The van der Waals surface area contributed by atoms with E-state index in [4.69, 9.17) is 4.74 Å². The first-order valence-corrected chi connectivity index (χ1v) is 9.05. The van der Waals surface area contributed by atoms with Gasteiger partial charge in [-0.25, -0.2) is 4.98 Å². The molecule has 0 N–H and O–H groups in total. The largest absolute Gasteiger partial charge is 0.481 e. The van der Waals surface area contributed by atoms with Gasteiger partial charge in [0, 0.05) is 31.3 Å². The number of ether oxygens (including phenoxy) is 1. The van der Waals surface area contributed by atoms with Gasteiger partial charge in [-0.15, -0.1) is 10.2 Å². The van der Waals surface area contributed by atoms with Crippen LogP contribution in [0.15, 0.2) is 18.3 Å². The Labute approximate surface area is 152 Å². The quantitative estimate of drug-likeness (QED) is 0.821. The molecule has 0 bridgehead atoms. The van der Waals surface area contributed by atoms with Crippen LogP contribution in [0.5, 0.6) is 5.88 Å². The number of hydrogen-bond acceptors (Lipinski definition) is 6. The molecule has 2 aliphatic heterocycles. The molecule has 2 aliphatic rings. The first kappa shape index (κ1) is 17.0. The van der Waals surface area contributed by atoms with Crippen LogP contribution in [-0.2, 0) is 13.1 Å². The Morgan fingerprint density at radius 1 is 1.15 bits per heavy atom. The molecule has 1 fully saturated rings. The molecule has 0 saturated carbocycles. The highest BCUT2D eigenvalue weighted by Gasteiger charge is 2.29. The van der Waals surface area contributed by atoms with E-state index in [0.29, 0.717) is 30.5 Å². The third kappa shape index (κ3) is 3.16. The number of carbonyl (C=O) groups is 1. The number of fused-ring (bicyclic) bond motifs is 1. The summed E-state index contributed by atoms with van der Waals surface area (Å²) in [5.41, 5.74) is 0.564. The van der Waals surface area contributed by atoms with Crippen LogP contribution in [0, 0.1) is 0 Å². The number of pyridine rings is 1. The zero-order valence-electron chi connectivity index (χ0n) is 15.3. The molecule has 138 valence electrons. The van der Waals surface area contributed by atoms with Crippen molar-refractivity contribution in [2.45, 2.75) is 31.8 Å². The topological polar surface area (TPSA) is 76.4 Å². The number of rotatable bonds is 3. The molecule has 2 aromatic heterocycles. The van der Waals surface area contributed by atoms with Gasteiger partial charge >= 0.3 is 0 Å². The summed E-state index contributed by atoms with van der Waals surface area (Å²) in [5, 5.41) is 8.84. The fourth-order valence-corrected chi connectivity index (χ4v) is 3.73. The molecule has 0 unspecified atom stereocenters. The predicted octanol–water partition coefficient (Wildman–Crippen LogP) is 1.15. The fraction of sp³-hybridized carbons (Fsp3) is 0.556. The SMILES string of the molecule is COc1ccc(C(=O)N2CCn3c(nnc3C3CCN(C)CC3)C2)cn1. The molecule has 8 nitrogen and oxygen atoms in total. The summed E-state index contributed by atoms with van der Waals surface area (Å²) in [6, 6.07) is 3.45. The van der Waals surface area contributed by atoms with E-state index in [9.17, 15) is 4.79 Å². The van der Waals surface area contributed by atoms with Gasteiger partial charge in [-0.2, -0.15) is 0 Å². The van der Waals surface area contributed by atoms with Gasteiger partial charge < -0.3 is 19.1 Å². The Kier molecular flexibility index (Phi) is 4.58. The average Bonchev–Trinajstić information content (AvgIpc) is 3.11. The number of likely N-dealkylation sites (tertiary alicyclic amines) is 1. The van der Waals surface area contributed by atoms with Crippen molar-refractivity contribution in [3.63, 3.8) is 0 Å². The molecular weight excluding hydrogens is 332 g/mol. The first-order chi connectivity index (χ1) is 12.7. The van der Waals surface area contributed by atoms with Crippen molar-refractivity contribution in [3.05, 3.63) is 35.5 Å². The van der Waals surface area contributed by atoms with E-state index in [-0.39, 0.29) is 5.91 Å². The van der Waals surface area contributed by atoms with Crippen LogP contribution < -0.4 is 4.74 Å². The van der Waals surface area contributed by atoms with Gasteiger partial charge in [-0.1, -0.05) is 0 Å². The monoisotopic (exact) mass is 356 g/mol. The molecule has 26 heavy (non-hydrogen) atoms. The van der Waals surface area contributed by atoms with E-state index in [2.05, 4.69) is 31.7 Å². The van der Waals surface area contributed by atoms with Gasteiger partial charge in [-0.3, -0.25) is 4.79 Å². The zero-order chi connectivity index (χ0) is 18.1. The third-order valence-electron chi connectivity index (χ3n) is 5.35. The first-order valence-electron chi connectivity index (χ1n) is 9.05. The van der Waals surface area contributed by atoms with Gasteiger partial charge in [0.25, 0.3) is 5.91 Å². The number of carbonyl (C=O) groups excluding carboxylic acids is 1. The van der Waals surface area contributed by atoms with E-state index in [0.717, 1.165) is 44.1 Å². The highest BCUT2D eigenvalue weighted by Crippen LogP contribution is 2.28. The lowest BCUT2D eigenvalue weighted by molar-refractivity contribution is 0.0705. The zero-order valence-corrected chi connectivity index (χ0v) is 15.3. The normalized spacial score (nSPS) is 18.6. The number of aromatic nitrogens is 4. The van der Waals surface area contributed by atoms with Crippen molar-refractivity contribution < 1.29 is 9.53 Å². The summed E-state index contributed by atoms with van der Waals surface area (Å²) in [4.78, 5) is 21.0. The van der Waals surface area contributed by atoms with Crippen LogP contribution >= 0.6 is 0 Å². The van der Waals surface area contributed by atoms with E-state index in [1.54, 1.807) is 25.4 Å². The second kappa shape index (κ2) is 7.03. The highest BCUT2D eigenvalue weighted by atomic mass is 16.5. The molecule has 1 amide bonds. The molecular formula is C18H24N6O2. The second-order valence-electron chi connectivity index (χ2n) is 7.02. The van der Waals surface area contributed by atoms with Gasteiger partial charge in [0.2, 0.25) is 5.88 Å². The molecule has 0 aliphatic carbocycles. The van der Waals surface area contributed by atoms with Crippen LogP contribution in [-0.4, -0.2) is 69.2 Å². The molecule has 0 aromatic carbocycles. The molecule has 0 radical (unpaired) electrons. The lowest BCUT2D eigenvalue weighted by atomic mass is 9.96. The summed E-state index contributed by atoms with van der Waals surface area (Å²) in [6.45, 7) is 4.10. The lowest BCUT2D eigenvalue weighted by Gasteiger charge is -2.31. The number of hydrogen-bond donors (Lipinski definition) is 0. The Bertz CT molecular complexity index is 779. The van der Waals surface area contributed by atoms with Gasteiger partial charge in [0.15, 0.2) is 5.82 Å². The minimum Gasteiger partial charge on any atom is -0.481 e. The van der Waals surface area contributed by atoms with Crippen molar-refractivity contribution in [1.29, 1.82) is 0 Å². The highest BCUT2D eigenvalue weighted by molar-refractivity contribution is 5.94. The molecule has 1 saturated heterocycles. The maximum atomic E-state index is 12.7. The van der Waals surface area contributed by atoms with Crippen LogP contribution in [0.25, 0.3) is 0 Å². The van der Waals surface area contributed by atoms with E-state index < -0.39 is 0 Å². The summed E-state index contributed by atoms with van der Waals surface area (Å²) in [5.74, 6) is 2.91. The van der Waals surface area contributed by atoms with Crippen LogP contribution in [0.1, 0.15) is 40.8 Å². The van der Waals surface area contributed by atoms with E-state index >= 15 is 0 Å². The van der Waals surface area contributed by atoms with Gasteiger partial charge in [-0.05, 0) is 39.0 Å². The average molecular weight is 356 g/mol. The smallest absolute Gasteiger partial charge is 0.255 e. The Hall–Kier alpha value is -2.48. The molecule has 4 rings (SSSR count). The van der Waals surface area contributed by atoms with Crippen molar-refractivity contribution in [3.8, 4) is 5.88 Å². The lowest BCUT2D eigenvalue weighted by Crippen LogP contribution is -2.39. The second-order valence-corrected chi connectivity index (χ2v) is 7.02. The maximum Gasteiger partial charge on any atom is 0.255 e. The summed E-state index contributed by atoms with van der Waals surface area (Å²) >= 11 is 0. The van der Waals surface area contributed by atoms with Crippen molar-refractivity contribution in [2.24, 2.45) is 0 Å². The predicted molar refractivity (Wildman–Crippen MR) is 95.0 cm³/mol. The van der Waals surface area contributed by atoms with Gasteiger partial charge in [0.1, 0.15) is 5.82 Å². The van der Waals surface area contributed by atoms with Crippen molar-refractivity contribution in [1.82, 2.24) is 29.5 Å². The molecule has 8 heteroatoms. The third-order valence-corrected chi connectivity index (χ3v) is 5.35. The molecule has 0 atom stereocenters. The van der Waals surface area contributed by atoms with E-state index in [1.165, 1.54) is 0 Å². The van der Waals surface area contributed by atoms with Gasteiger partial charge in [0.05, 0.1) is 19.2 Å². The fourth-order valence-electron chi connectivity index (χ4n) is 3.73. The molecule has 2 aromatic rings. The van der Waals surface area contributed by atoms with Crippen molar-refractivity contribution >= 4 is 5.91 Å². The summed E-state index contributed by atoms with van der Waals surface area (Å²) in [6.07, 6.45) is 3.80. The number of amides is 1. The standard InChI is InChI=1S/C18H24N6O2/c1-22-7-5-13(6-8-22)17-21-20-15-12-23(9-10-24(15)17)18(25)14-3-4-16(26-2)19-11-14/h3-4,11,13H,5-10,12H2,1-2H3. The van der Waals surface area contributed by atoms with E-state index in [1.807, 2.05) is 4.90 Å². The Morgan fingerprint density at radius 3 is 2.65 bits per heavy atom. The summed E-state index contributed by atoms with van der Waals surface area (Å²) < 4.78 is 7.26. The Balaban J connectivity index is 1.47. The minimum atomic E-state index is -0.0322. The Morgan fingerprint density at radius 2 is 1.96 bits per heavy atom. The van der Waals surface area contributed by atoms with Crippen LogP contribution in [0.2, 0.25) is 0 Å². The van der Waals surface area contributed by atoms with Crippen molar-refractivity contribution in [2.75, 3.05) is 33.8 Å². The maximum absolute atomic E-state index is 12.7. The van der Waals surface area contributed by atoms with Crippen LogP contribution in [0.3, 0.4) is 0 Å². The number of methoxy groups -OCH3 is 1. The minimum absolute atomic E-state index is 0.0322. The molecule has 4 heterocycles. The molecule has 0 spiro atoms. The number of nitrogens with zero attached hydrogens (tertiary/aromatic N) is 6. The summed E-state index contributed by atoms with van der Waals surface area (Å²) in [7, 11) is 3.72.